The fourth-order valence-corrected chi connectivity index (χ4v) is 2.20. The van der Waals surface area contributed by atoms with E-state index in [9.17, 15) is 9.59 Å². The number of hydrogen-bond acceptors (Lipinski definition) is 3. The number of hydrogen-bond donors (Lipinski definition) is 1. The van der Waals surface area contributed by atoms with Crippen LogP contribution in [0.15, 0.2) is 58.3 Å². The van der Waals surface area contributed by atoms with E-state index in [1.54, 1.807) is 55.8 Å². The first kappa shape index (κ1) is 12.2. The molecule has 2 heterocycles. The highest BCUT2D eigenvalue weighted by Crippen LogP contribution is 2.22. The van der Waals surface area contributed by atoms with Crippen LogP contribution in [0.1, 0.15) is 0 Å². The van der Waals surface area contributed by atoms with Crippen molar-refractivity contribution >= 4 is 5.52 Å². The van der Waals surface area contributed by atoms with Crippen LogP contribution in [0.4, 0.5) is 0 Å². The van der Waals surface area contributed by atoms with Crippen LogP contribution in [0.25, 0.3) is 16.6 Å². The first-order valence-corrected chi connectivity index (χ1v) is 6.09. The van der Waals surface area contributed by atoms with Crippen LogP contribution in [0, 0.1) is 0 Å². The summed E-state index contributed by atoms with van der Waals surface area (Å²) < 4.78 is 6.52. The SMILES string of the molecule is COc1ccc(-c2c(=O)[nH]c(=O)n3ccccc23)cc1. The first-order valence-electron chi connectivity index (χ1n) is 6.09. The van der Waals surface area contributed by atoms with E-state index in [1.807, 2.05) is 0 Å². The predicted octanol–water partition coefficient (Wildman–Crippen LogP) is 1.66. The van der Waals surface area contributed by atoms with Crippen LogP contribution < -0.4 is 16.0 Å². The average molecular weight is 268 g/mol. The summed E-state index contributed by atoms with van der Waals surface area (Å²) in [5.74, 6) is 0.711. The van der Waals surface area contributed by atoms with Crippen LogP contribution in [0.5, 0.6) is 5.75 Å². The van der Waals surface area contributed by atoms with Crippen molar-refractivity contribution in [2.24, 2.45) is 0 Å². The number of methoxy groups -OCH3 is 1. The van der Waals surface area contributed by atoms with Gasteiger partial charge in [-0.1, -0.05) is 18.2 Å². The van der Waals surface area contributed by atoms with Crippen molar-refractivity contribution in [2.45, 2.75) is 0 Å². The Labute approximate surface area is 114 Å². The summed E-state index contributed by atoms with van der Waals surface area (Å²) in [6.07, 6.45) is 1.63. The minimum Gasteiger partial charge on any atom is -0.497 e. The van der Waals surface area contributed by atoms with Crippen molar-refractivity contribution in [3.63, 3.8) is 0 Å². The van der Waals surface area contributed by atoms with Crippen LogP contribution in [0.3, 0.4) is 0 Å². The second-order valence-corrected chi connectivity index (χ2v) is 4.32. The molecule has 1 aromatic carbocycles. The number of rotatable bonds is 2. The number of pyridine rings is 1. The molecule has 0 aliphatic carbocycles. The third-order valence-electron chi connectivity index (χ3n) is 3.16. The van der Waals surface area contributed by atoms with Gasteiger partial charge < -0.3 is 4.74 Å². The van der Waals surface area contributed by atoms with Crippen LogP contribution in [-0.4, -0.2) is 16.5 Å². The normalized spacial score (nSPS) is 10.7. The molecular formula is C15H12N2O3. The zero-order chi connectivity index (χ0) is 14.1. The summed E-state index contributed by atoms with van der Waals surface area (Å²) in [5.41, 5.74) is 0.934. The quantitative estimate of drug-likeness (QED) is 0.769. The lowest BCUT2D eigenvalue weighted by Crippen LogP contribution is -2.27. The van der Waals surface area contributed by atoms with E-state index in [-0.39, 0.29) is 0 Å². The standard InChI is InChI=1S/C15H12N2O3/c1-20-11-7-5-10(6-8-11)13-12-4-2-3-9-17(12)15(19)16-14(13)18/h2-9H,1H3,(H,16,18,19). The molecule has 0 aliphatic heterocycles. The second-order valence-electron chi connectivity index (χ2n) is 4.32. The molecular weight excluding hydrogens is 256 g/mol. The molecule has 0 spiro atoms. The Morgan fingerprint density at radius 1 is 1.05 bits per heavy atom. The van der Waals surface area contributed by atoms with Gasteiger partial charge in [-0.05, 0) is 29.8 Å². The number of fused-ring (bicyclic) bond motifs is 1. The Bertz CT molecular complexity index is 876. The maximum absolute atomic E-state index is 12.1. The van der Waals surface area contributed by atoms with E-state index in [2.05, 4.69) is 4.98 Å². The van der Waals surface area contributed by atoms with Gasteiger partial charge in [-0.2, -0.15) is 0 Å². The number of aromatic nitrogens is 2. The molecule has 0 radical (unpaired) electrons. The summed E-state index contributed by atoms with van der Waals surface area (Å²) in [5, 5.41) is 0. The van der Waals surface area contributed by atoms with Crippen LogP contribution >= 0.6 is 0 Å². The van der Waals surface area contributed by atoms with Crippen LogP contribution in [0.2, 0.25) is 0 Å². The molecule has 0 bridgehead atoms. The van der Waals surface area contributed by atoms with Crippen molar-refractivity contribution in [3.8, 4) is 16.9 Å². The van der Waals surface area contributed by atoms with Crippen LogP contribution in [-0.2, 0) is 0 Å². The van der Waals surface area contributed by atoms with E-state index in [0.717, 1.165) is 5.56 Å². The molecule has 0 unspecified atom stereocenters. The number of nitrogens with zero attached hydrogens (tertiary/aromatic N) is 1. The molecule has 3 rings (SSSR count). The lowest BCUT2D eigenvalue weighted by molar-refractivity contribution is 0.415. The number of H-pyrrole nitrogens is 1. The molecule has 0 aliphatic rings. The van der Waals surface area contributed by atoms with E-state index in [0.29, 0.717) is 16.8 Å². The van der Waals surface area contributed by atoms with Crippen molar-refractivity contribution in [1.82, 2.24) is 9.38 Å². The Balaban J connectivity index is 2.35. The van der Waals surface area contributed by atoms with Crippen molar-refractivity contribution in [1.29, 1.82) is 0 Å². The summed E-state index contributed by atoms with van der Waals surface area (Å²) in [6.45, 7) is 0. The molecule has 0 atom stereocenters. The smallest absolute Gasteiger partial charge is 0.332 e. The fourth-order valence-electron chi connectivity index (χ4n) is 2.20. The Hall–Kier alpha value is -2.82. The van der Waals surface area contributed by atoms with E-state index in [4.69, 9.17) is 4.74 Å². The minimum atomic E-state index is -0.442. The highest BCUT2D eigenvalue weighted by molar-refractivity contribution is 5.79. The Morgan fingerprint density at radius 3 is 2.50 bits per heavy atom. The van der Waals surface area contributed by atoms with Gasteiger partial charge in [0.2, 0.25) is 0 Å². The minimum absolute atomic E-state index is 0.397. The highest BCUT2D eigenvalue weighted by Gasteiger charge is 2.10. The van der Waals surface area contributed by atoms with Gasteiger partial charge in [-0.25, -0.2) is 4.79 Å². The number of benzene rings is 1. The molecule has 0 saturated heterocycles. The molecule has 1 N–H and O–H groups in total. The van der Waals surface area contributed by atoms with Gasteiger partial charge in [0.15, 0.2) is 0 Å². The van der Waals surface area contributed by atoms with Crippen molar-refractivity contribution < 1.29 is 4.74 Å². The molecule has 0 amide bonds. The Kier molecular flexibility index (Phi) is 2.87. The molecule has 0 saturated carbocycles. The van der Waals surface area contributed by atoms with Gasteiger partial charge in [-0.3, -0.25) is 14.2 Å². The summed E-state index contributed by atoms with van der Waals surface area (Å²) in [6, 6.07) is 12.4. The molecule has 100 valence electrons. The fraction of sp³-hybridized carbons (Fsp3) is 0.0667. The topological polar surface area (TPSA) is 63.6 Å². The maximum Gasteiger partial charge on any atom is 0.332 e. The zero-order valence-electron chi connectivity index (χ0n) is 10.8. The van der Waals surface area contributed by atoms with Gasteiger partial charge in [-0.15, -0.1) is 0 Å². The second kappa shape index (κ2) is 4.70. The van der Waals surface area contributed by atoms with Gasteiger partial charge >= 0.3 is 5.69 Å². The molecule has 2 aromatic heterocycles. The number of ether oxygens (including phenoxy) is 1. The van der Waals surface area contributed by atoms with Gasteiger partial charge in [0.05, 0.1) is 18.2 Å². The number of aromatic amines is 1. The van der Waals surface area contributed by atoms with Gasteiger partial charge in [0.25, 0.3) is 5.56 Å². The molecule has 5 heteroatoms. The third-order valence-corrected chi connectivity index (χ3v) is 3.16. The summed E-state index contributed by atoms with van der Waals surface area (Å²) in [7, 11) is 1.58. The lowest BCUT2D eigenvalue weighted by atomic mass is 10.1. The van der Waals surface area contributed by atoms with E-state index in [1.165, 1.54) is 4.40 Å². The molecule has 3 aromatic rings. The highest BCUT2D eigenvalue weighted by atomic mass is 16.5. The van der Waals surface area contributed by atoms with Crippen molar-refractivity contribution in [3.05, 3.63) is 69.5 Å². The average Bonchev–Trinajstić information content (AvgIpc) is 2.48. The maximum atomic E-state index is 12.1. The number of nitrogens with one attached hydrogen (secondary N) is 1. The largest absolute Gasteiger partial charge is 0.497 e. The lowest BCUT2D eigenvalue weighted by Gasteiger charge is -2.07. The monoisotopic (exact) mass is 268 g/mol. The summed E-state index contributed by atoms with van der Waals surface area (Å²) in [4.78, 5) is 26.2. The molecule has 0 fully saturated rings. The van der Waals surface area contributed by atoms with Gasteiger partial charge in [0, 0.05) is 6.20 Å². The predicted molar refractivity (Wildman–Crippen MR) is 76.3 cm³/mol. The Morgan fingerprint density at radius 2 is 1.80 bits per heavy atom. The molecule has 20 heavy (non-hydrogen) atoms. The molecule has 5 nitrogen and oxygen atoms in total. The van der Waals surface area contributed by atoms with Gasteiger partial charge in [0.1, 0.15) is 5.75 Å². The summed E-state index contributed by atoms with van der Waals surface area (Å²) >= 11 is 0. The first-order chi connectivity index (χ1) is 9.70. The van der Waals surface area contributed by atoms with E-state index >= 15 is 0 Å². The van der Waals surface area contributed by atoms with Crippen molar-refractivity contribution in [2.75, 3.05) is 7.11 Å². The zero-order valence-corrected chi connectivity index (χ0v) is 10.8. The van der Waals surface area contributed by atoms with E-state index < -0.39 is 11.2 Å². The third kappa shape index (κ3) is 1.89.